The predicted molar refractivity (Wildman–Crippen MR) is 291 cm³/mol. The number of imidazole rings is 1. The number of benzene rings is 9. The fraction of sp³-hybridized carbons (Fsp3) is 0.0625. The molecule has 8 heteroatoms. The van der Waals surface area contributed by atoms with E-state index in [1.807, 2.05) is 41.8 Å². The van der Waals surface area contributed by atoms with Gasteiger partial charge in [0.2, 0.25) is 0 Å². The predicted octanol–water partition coefficient (Wildman–Crippen LogP) is 15.9. The van der Waals surface area contributed by atoms with Gasteiger partial charge in [0.05, 0.1) is 44.5 Å². The van der Waals surface area contributed by atoms with Gasteiger partial charge in [-0.2, -0.15) is 12.1 Å². The first kappa shape index (κ1) is 43.9. The minimum Gasteiger partial charge on any atom is -0.503 e. The van der Waals surface area contributed by atoms with Crippen LogP contribution >= 0.6 is 11.3 Å². The molecule has 0 aliphatic heterocycles. The van der Waals surface area contributed by atoms with Crippen molar-refractivity contribution >= 4 is 86.2 Å². The van der Waals surface area contributed by atoms with Crippen LogP contribution in [0.2, 0.25) is 0 Å². The molecule has 0 bridgehead atoms. The molecule has 5 aromatic heterocycles. The number of thiophene rings is 1. The third-order valence-electron chi connectivity index (χ3n) is 13.8. The molecule has 72 heavy (non-hydrogen) atoms. The van der Waals surface area contributed by atoms with Crippen molar-refractivity contribution in [2.45, 2.75) is 20.3 Å². The molecule has 0 saturated heterocycles. The SMILES string of the molecule is CC(C)Cc1cccc2c1sc1c(-c3[c-]c(Oc4[c-]c(-n5[c-][n+](-c6c(-n7c8ccccc8c8ccccc87)cccc6-n6c7ccccc7c7ccccc76)c6ccccc65)ccc4)ccc3)nccc12.[Pt]. The average Bonchev–Trinajstić information content (AvgIpc) is 4.17. The maximum Gasteiger partial charge on any atom is 0.268 e. The van der Waals surface area contributed by atoms with Gasteiger partial charge in [-0.1, -0.05) is 141 Å². The van der Waals surface area contributed by atoms with Crippen LogP contribution in [0.4, 0.5) is 0 Å². The number of rotatable bonds is 9. The Morgan fingerprint density at radius 1 is 0.514 bits per heavy atom. The molecule has 0 radical (unpaired) electrons. The van der Waals surface area contributed by atoms with Gasteiger partial charge in [0.25, 0.3) is 6.33 Å². The molecule has 14 rings (SSSR count). The van der Waals surface area contributed by atoms with Crippen LogP contribution in [0.1, 0.15) is 19.4 Å². The van der Waals surface area contributed by atoms with Crippen molar-refractivity contribution in [3.05, 3.63) is 230 Å². The van der Waals surface area contributed by atoms with E-state index >= 15 is 0 Å². The first-order valence-electron chi connectivity index (χ1n) is 24.1. The molecule has 0 spiro atoms. The summed E-state index contributed by atoms with van der Waals surface area (Å²) in [5.41, 5.74) is 13.5. The van der Waals surface area contributed by atoms with E-state index < -0.39 is 0 Å². The van der Waals surface area contributed by atoms with Gasteiger partial charge in [0, 0.05) is 75.4 Å². The summed E-state index contributed by atoms with van der Waals surface area (Å²) in [4.78, 5) is 4.93. The maximum absolute atomic E-state index is 6.66. The van der Waals surface area contributed by atoms with Crippen LogP contribution < -0.4 is 9.30 Å². The number of hydrogen-bond donors (Lipinski definition) is 0. The second kappa shape index (κ2) is 17.6. The summed E-state index contributed by atoms with van der Waals surface area (Å²) < 4.78 is 18.3. The zero-order chi connectivity index (χ0) is 47.2. The molecule has 348 valence electrons. The number of pyridine rings is 1. The molecular weight excluding hydrogens is 1080 g/mol. The van der Waals surface area contributed by atoms with E-state index in [2.05, 4.69) is 227 Å². The second-order valence-electron chi connectivity index (χ2n) is 18.6. The number of para-hydroxylation sites is 7. The molecule has 0 amide bonds. The number of fused-ring (bicyclic) bond motifs is 10. The van der Waals surface area contributed by atoms with Crippen molar-refractivity contribution in [2.24, 2.45) is 5.92 Å². The summed E-state index contributed by atoms with van der Waals surface area (Å²) in [5.74, 6) is 1.72. The molecule has 5 heterocycles. The molecule has 0 unspecified atom stereocenters. The fourth-order valence-corrected chi connectivity index (χ4v) is 12.2. The monoisotopic (exact) mass is 1120 g/mol. The molecule has 9 aromatic carbocycles. The van der Waals surface area contributed by atoms with E-state index in [0.717, 1.165) is 78.2 Å². The molecule has 0 aliphatic rings. The Morgan fingerprint density at radius 2 is 1.03 bits per heavy atom. The van der Waals surface area contributed by atoms with E-state index in [4.69, 9.17) is 9.72 Å². The normalized spacial score (nSPS) is 11.8. The van der Waals surface area contributed by atoms with Crippen molar-refractivity contribution in [2.75, 3.05) is 0 Å². The van der Waals surface area contributed by atoms with Crippen LogP contribution in [0.5, 0.6) is 11.5 Å². The molecule has 0 aliphatic carbocycles. The minimum atomic E-state index is 0. The smallest absolute Gasteiger partial charge is 0.268 e. The second-order valence-corrected chi connectivity index (χ2v) is 19.6. The van der Waals surface area contributed by atoms with Gasteiger partial charge in [0.1, 0.15) is 5.69 Å². The van der Waals surface area contributed by atoms with E-state index in [9.17, 15) is 0 Å². The molecule has 0 saturated carbocycles. The maximum atomic E-state index is 6.66. The Balaban J connectivity index is 0.00000504. The molecule has 6 nitrogen and oxygen atoms in total. The Labute approximate surface area is 434 Å². The van der Waals surface area contributed by atoms with E-state index in [-0.39, 0.29) is 21.1 Å². The quantitative estimate of drug-likeness (QED) is 0.107. The zero-order valence-electron chi connectivity index (χ0n) is 39.3. The third-order valence-corrected chi connectivity index (χ3v) is 15.1. The van der Waals surface area contributed by atoms with Crippen molar-refractivity contribution in [1.82, 2.24) is 18.7 Å². The Hall–Kier alpha value is -8.09. The van der Waals surface area contributed by atoms with Crippen LogP contribution in [0.25, 0.3) is 109 Å². The summed E-state index contributed by atoms with van der Waals surface area (Å²) in [6, 6.07) is 78.1. The van der Waals surface area contributed by atoms with Crippen molar-refractivity contribution in [3.63, 3.8) is 0 Å². The third kappa shape index (κ3) is 7.02. The molecule has 14 aromatic rings. The van der Waals surface area contributed by atoms with Gasteiger partial charge in [-0.25, -0.2) is 0 Å². The van der Waals surface area contributed by atoms with Crippen LogP contribution in [-0.2, 0) is 27.5 Å². The molecule has 0 fully saturated rings. The fourth-order valence-electron chi connectivity index (χ4n) is 10.8. The Bertz CT molecular complexity index is 4180. The first-order valence-corrected chi connectivity index (χ1v) is 24.9. The number of aromatic nitrogens is 5. The summed E-state index contributed by atoms with van der Waals surface area (Å²) in [6.07, 6.45) is 6.84. The Kier molecular flexibility index (Phi) is 10.8. The minimum absolute atomic E-state index is 0. The Morgan fingerprint density at radius 3 is 1.65 bits per heavy atom. The number of hydrogen-bond acceptors (Lipinski definition) is 3. The first-order chi connectivity index (χ1) is 35.1. The van der Waals surface area contributed by atoms with Crippen molar-refractivity contribution in [3.8, 4) is 45.5 Å². The van der Waals surface area contributed by atoms with E-state index in [1.54, 1.807) is 0 Å². The van der Waals surface area contributed by atoms with Crippen LogP contribution in [-0.4, -0.2) is 18.7 Å². The standard InChI is InChI=1S/C64H43N5OS.Pt/c1-41(2)37-43-18-14-26-51-52-35-36-65-61(64(52)71-63(43)51)42-17-13-20-45(38-42)70-46-21-15-19-44(39-46)66-40-67(58-32-12-11-31-57(58)66)62-59(68-53-27-7-3-22-47(53)48-23-4-8-28-54(48)68)33-16-34-60(62)69-55-29-9-5-24-49(55)50-25-6-10-30-56(50)69;/h3-36,41H,37H2,1-2H3;/q-2;. The van der Waals surface area contributed by atoms with Crippen molar-refractivity contribution < 1.29 is 30.4 Å². The van der Waals surface area contributed by atoms with Crippen molar-refractivity contribution in [1.29, 1.82) is 0 Å². The van der Waals surface area contributed by atoms with E-state index in [1.165, 1.54) is 42.6 Å². The van der Waals surface area contributed by atoms with Gasteiger partial charge in [-0.15, -0.1) is 47.2 Å². The summed E-state index contributed by atoms with van der Waals surface area (Å²) in [6.45, 7) is 4.55. The largest absolute Gasteiger partial charge is 0.503 e. The number of ether oxygens (including phenoxy) is 1. The van der Waals surface area contributed by atoms with Gasteiger partial charge in [-0.3, -0.25) is 4.57 Å². The summed E-state index contributed by atoms with van der Waals surface area (Å²) in [5, 5.41) is 7.29. The average molecular weight is 1130 g/mol. The van der Waals surface area contributed by atoms with Crippen LogP contribution in [0, 0.1) is 24.4 Å². The summed E-state index contributed by atoms with van der Waals surface area (Å²) >= 11 is 1.82. The topological polar surface area (TPSA) is 40.8 Å². The number of nitrogens with zero attached hydrogens (tertiary/aromatic N) is 5. The molecular formula is C64H43N5OPtS-2. The van der Waals surface area contributed by atoms with Crippen LogP contribution in [0.3, 0.4) is 0 Å². The van der Waals surface area contributed by atoms with Gasteiger partial charge >= 0.3 is 0 Å². The van der Waals surface area contributed by atoms with Gasteiger partial charge in [0.15, 0.2) is 0 Å². The zero-order valence-corrected chi connectivity index (χ0v) is 42.4. The van der Waals surface area contributed by atoms with Gasteiger partial charge < -0.3 is 23.4 Å². The summed E-state index contributed by atoms with van der Waals surface area (Å²) in [7, 11) is 0. The molecule has 0 N–H and O–H groups in total. The van der Waals surface area contributed by atoms with Gasteiger partial charge in [-0.05, 0) is 76.8 Å². The molecule has 0 atom stereocenters. The van der Waals surface area contributed by atoms with E-state index in [0.29, 0.717) is 17.4 Å². The van der Waals surface area contributed by atoms with Crippen LogP contribution in [0.15, 0.2) is 206 Å².